The molecule has 52 heavy (non-hydrogen) atoms. The van der Waals surface area contributed by atoms with E-state index < -0.39 is 0 Å². The zero-order valence-corrected chi connectivity index (χ0v) is 31.1. The van der Waals surface area contributed by atoms with Crippen LogP contribution in [0.4, 0.5) is 17.1 Å². The fourth-order valence-electron chi connectivity index (χ4n) is 9.37. The van der Waals surface area contributed by atoms with Crippen LogP contribution >= 0.6 is 0 Å². The number of para-hydroxylation sites is 3. The van der Waals surface area contributed by atoms with E-state index in [4.69, 9.17) is 4.42 Å². The van der Waals surface area contributed by atoms with Gasteiger partial charge in [0.15, 0.2) is 5.58 Å². The number of furan rings is 1. The van der Waals surface area contributed by atoms with Gasteiger partial charge in [-0.3, -0.25) is 0 Å². The molecule has 8 aromatic rings. The molecule has 2 aliphatic rings. The zero-order chi connectivity index (χ0) is 35.7. The molecular formula is C50H43NO. The molecule has 1 aromatic heterocycles. The quantitative estimate of drug-likeness (QED) is 0.186. The number of nitrogens with zero attached hydrogens (tertiary/aromatic N) is 1. The highest BCUT2D eigenvalue weighted by atomic mass is 16.3. The van der Waals surface area contributed by atoms with Gasteiger partial charge in [-0.2, -0.15) is 0 Å². The molecule has 254 valence electrons. The molecule has 7 aromatic carbocycles. The van der Waals surface area contributed by atoms with Crippen LogP contribution in [-0.2, 0) is 16.2 Å². The van der Waals surface area contributed by atoms with E-state index in [1.54, 1.807) is 0 Å². The lowest BCUT2D eigenvalue weighted by Gasteiger charge is -2.26. The highest BCUT2D eigenvalue weighted by molar-refractivity contribution is 6.11. The Morgan fingerprint density at radius 1 is 0.462 bits per heavy atom. The Hall–Kier alpha value is -5.60. The lowest BCUT2D eigenvalue weighted by atomic mass is 9.79. The first kappa shape index (κ1) is 31.2. The minimum atomic E-state index is -0.130. The first-order valence-electron chi connectivity index (χ1n) is 18.6. The molecule has 0 spiro atoms. The monoisotopic (exact) mass is 673 g/mol. The van der Waals surface area contributed by atoms with Gasteiger partial charge in [-0.15, -0.1) is 0 Å². The third-order valence-electron chi connectivity index (χ3n) is 12.1. The van der Waals surface area contributed by atoms with Gasteiger partial charge < -0.3 is 9.32 Å². The summed E-state index contributed by atoms with van der Waals surface area (Å²) in [5, 5.41) is 4.78. The van der Waals surface area contributed by atoms with E-state index in [0.29, 0.717) is 0 Å². The number of hydrogen-bond acceptors (Lipinski definition) is 2. The van der Waals surface area contributed by atoms with E-state index in [1.807, 2.05) is 0 Å². The van der Waals surface area contributed by atoms with Crippen LogP contribution in [0.5, 0.6) is 0 Å². The normalized spacial score (nSPS) is 15.1. The van der Waals surface area contributed by atoms with Gasteiger partial charge in [0, 0.05) is 38.5 Å². The summed E-state index contributed by atoms with van der Waals surface area (Å²) in [6, 6.07) is 49.6. The first-order valence-corrected chi connectivity index (χ1v) is 18.6. The van der Waals surface area contributed by atoms with Crippen LogP contribution in [0.25, 0.3) is 55.0 Å². The Labute approximate surface area is 306 Å². The van der Waals surface area contributed by atoms with Gasteiger partial charge in [-0.05, 0) is 115 Å². The Bertz CT molecular complexity index is 2770. The third kappa shape index (κ3) is 4.24. The van der Waals surface area contributed by atoms with Crippen molar-refractivity contribution in [3.05, 3.63) is 161 Å². The standard InChI is InChI=1S/C50H43NO/c1-48(2,3)41-21-13-18-35-36-19-14-22-45(47(36)52-46(35)41)51(32-15-9-8-10-16-32)33-24-23-30-26-37-39-29-43-38(34-17-11-12-20-40(34)49(43,4)5)28-44(39)50(6,7)42(37)27-31(30)25-33/h8-29H,1-7H3. The Kier molecular flexibility index (Phi) is 6.28. The number of hydrogen-bond donors (Lipinski definition) is 0. The molecule has 2 nitrogen and oxygen atoms in total. The SMILES string of the molecule is CC(C)(C)c1cccc2c1oc1c(N(c3ccccc3)c3ccc4cc5c(cc4c3)C(C)(C)c3cc4c(cc3-5)C(C)(C)c3ccccc3-4)cccc12. The maximum atomic E-state index is 6.90. The number of benzene rings is 7. The van der Waals surface area contributed by atoms with E-state index in [1.165, 1.54) is 60.8 Å². The second kappa shape index (κ2) is 10.5. The average Bonchev–Trinajstić information content (AvgIpc) is 3.70. The van der Waals surface area contributed by atoms with E-state index in [0.717, 1.165) is 39.0 Å². The Morgan fingerprint density at radius 3 is 1.83 bits per heavy atom. The molecule has 0 radical (unpaired) electrons. The van der Waals surface area contributed by atoms with Crippen molar-refractivity contribution in [3.63, 3.8) is 0 Å². The number of anilines is 3. The molecule has 0 unspecified atom stereocenters. The molecule has 0 atom stereocenters. The summed E-state index contributed by atoms with van der Waals surface area (Å²) in [7, 11) is 0. The van der Waals surface area contributed by atoms with Gasteiger partial charge in [0.1, 0.15) is 5.58 Å². The second-order valence-electron chi connectivity index (χ2n) is 17.0. The predicted molar refractivity (Wildman–Crippen MR) is 220 cm³/mol. The fourth-order valence-corrected chi connectivity index (χ4v) is 9.37. The summed E-state index contributed by atoms with van der Waals surface area (Å²) < 4.78 is 6.90. The average molecular weight is 674 g/mol. The largest absolute Gasteiger partial charge is 0.454 e. The minimum Gasteiger partial charge on any atom is -0.454 e. The van der Waals surface area contributed by atoms with Crippen LogP contribution in [0.1, 0.15) is 76.3 Å². The van der Waals surface area contributed by atoms with Crippen LogP contribution in [0, 0.1) is 0 Å². The van der Waals surface area contributed by atoms with Gasteiger partial charge in [0.25, 0.3) is 0 Å². The van der Waals surface area contributed by atoms with Crippen molar-refractivity contribution in [2.45, 2.75) is 64.7 Å². The van der Waals surface area contributed by atoms with Crippen molar-refractivity contribution in [2.75, 3.05) is 4.90 Å². The number of fused-ring (bicyclic) bond motifs is 10. The van der Waals surface area contributed by atoms with Crippen molar-refractivity contribution >= 4 is 49.8 Å². The molecule has 0 fully saturated rings. The molecule has 0 bridgehead atoms. The van der Waals surface area contributed by atoms with Gasteiger partial charge >= 0.3 is 0 Å². The topological polar surface area (TPSA) is 16.4 Å². The molecule has 0 N–H and O–H groups in total. The Balaban J connectivity index is 1.15. The summed E-state index contributed by atoms with van der Waals surface area (Å²) >= 11 is 0. The van der Waals surface area contributed by atoms with Crippen LogP contribution in [0.15, 0.2) is 138 Å². The van der Waals surface area contributed by atoms with Crippen molar-refractivity contribution < 1.29 is 4.42 Å². The van der Waals surface area contributed by atoms with Crippen molar-refractivity contribution in [1.82, 2.24) is 0 Å². The minimum absolute atomic E-state index is 0.0302. The summed E-state index contributed by atoms with van der Waals surface area (Å²) in [4.78, 5) is 2.36. The van der Waals surface area contributed by atoms with Crippen molar-refractivity contribution in [3.8, 4) is 22.3 Å². The van der Waals surface area contributed by atoms with Gasteiger partial charge in [0.2, 0.25) is 0 Å². The highest BCUT2D eigenvalue weighted by Crippen LogP contribution is 2.56. The van der Waals surface area contributed by atoms with E-state index >= 15 is 0 Å². The van der Waals surface area contributed by atoms with Crippen LogP contribution in [0.3, 0.4) is 0 Å². The molecule has 0 amide bonds. The van der Waals surface area contributed by atoms with Gasteiger partial charge in [-0.25, -0.2) is 0 Å². The van der Waals surface area contributed by atoms with E-state index in [2.05, 4.69) is 187 Å². The molecule has 1 heterocycles. The van der Waals surface area contributed by atoms with E-state index in [9.17, 15) is 0 Å². The zero-order valence-electron chi connectivity index (χ0n) is 31.1. The fraction of sp³-hybridized carbons (Fsp3) is 0.200. The molecule has 0 aliphatic heterocycles. The molecule has 10 rings (SSSR count). The maximum Gasteiger partial charge on any atom is 0.159 e. The summed E-state index contributed by atoms with van der Waals surface area (Å²) in [5.74, 6) is 0. The lowest BCUT2D eigenvalue weighted by molar-refractivity contribution is 0.573. The van der Waals surface area contributed by atoms with Crippen LogP contribution in [0.2, 0.25) is 0 Å². The summed E-state index contributed by atoms with van der Waals surface area (Å²) in [6.07, 6.45) is 0. The smallest absolute Gasteiger partial charge is 0.159 e. The molecule has 0 saturated carbocycles. The lowest BCUT2D eigenvalue weighted by Crippen LogP contribution is -2.17. The van der Waals surface area contributed by atoms with Crippen LogP contribution < -0.4 is 4.90 Å². The molecule has 2 heteroatoms. The van der Waals surface area contributed by atoms with Crippen molar-refractivity contribution in [1.29, 1.82) is 0 Å². The van der Waals surface area contributed by atoms with E-state index in [-0.39, 0.29) is 16.2 Å². The predicted octanol–water partition coefficient (Wildman–Crippen LogP) is 14.1. The first-order chi connectivity index (χ1) is 24.9. The molecule has 2 aliphatic carbocycles. The summed E-state index contributed by atoms with van der Waals surface area (Å²) in [5.41, 5.74) is 17.3. The Morgan fingerprint density at radius 2 is 1.08 bits per heavy atom. The second-order valence-corrected chi connectivity index (χ2v) is 17.0. The number of rotatable bonds is 3. The molecular weight excluding hydrogens is 631 g/mol. The van der Waals surface area contributed by atoms with Crippen molar-refractivity contribution in [2.24, 2.45) is 0 Å². The van der Waals surface area contributed by atoms with Gasteiger partial charge in [0.05, 0.1) is 5.69 Å². The van der Waals surface area contributed by atoms with Gasteiger partial charge in [-0.1, -0.05) is 127 Å². The third-order valence-corrected chi connectivity index (χ3v) is 12.1. The maximum absolute atomic E-state index is 6.90. The van der Waals surface area contributed by atoms with Crippen LogP contribution in [-0.4, -0.2) is 0 Å². The highest BCUT2D eigenvalue weighted by Gasteiger charge is 2.41. The molecule has 0 saturated heterocycles. The summed E-state index contributed by atoms with van der Waals surface area (Å²) in [6.45, 7) is 16.3.